The van der Waals surface area contributed by atoms with E-state index in [2.05, 4.69) is 4.98 Å². The normalized spacial score (nSPS) is 12.2. The summed E-state index contributed by atoms with van der Waals surface area (Å²) in [6.07, 6.45) is 2.26. The predicted molar refractivity (Wildman–Crippen MR) is 76.7 cm³/mol. The lowest BCUT2D eigenvalue weighted by Crippen LogP contribution is -2.30. The summed E-state index contributed by atoms with van der Waals surface area (Å²) < 4.78 is 5.35. The van der Waals surface area contributed by atoms with Crippen molar-refractivity contribution >= 4 is 17.7 Å². The van der Waals surface area contributed by atoms with E-state index in [0.29, 0.717) is 12.2 Å². The van der Waals surface area contributed by atoms with Gasteiger partial charge in [-0.2, -0.15) is 11.8 Å². The Morgan fingerprint density at radius 1 is 1.58 bits per heavy atom. The number of hydrogen-bond donors (Lipinski definition) is 2. The highest BCUT2D eigenvalue weighted by Gasteiger charge is 2.12. The lowest BCUT2D eigenvalue weighted by atomic mass is 10.1. The molecule has 0 aliphatic rings. The van der Waals surface area contributed by atoms with Crippen molar-refractivity contribution in [1.82, 2.24) is 4.98 Å². The number of hydrogen-bond acceptors (Lipinski definition) is 5. The topological polar surface area (TPSA) is 85.4 Å². The molecule has 106 valence electrons. The number of thioether (sulfide) groups is 1. The SMILES string of the molecule is COc1c(C)cnc(CSCCC(N)C(=O)O)c1C. The summed E-state index contributed by atoms with van der Waals surface area (Å²) in [6.45, 7) is 3.94. The maximum atomic E-state index is 10.6. The van der Waals surface area contributed by atoms with Crippen molar-refractivity contribution in [2.45, 2.75) is 32.1 Å². The van der Waals surface area contributed by atoms with Crippen LogP contribution in [-0.2, 0) is 10.5 Å². The highest BCUT2D eigenvalue weighted by atomic mass is 32.2. The van der Waals surface area contributed by atoms with Gasteiger partial charge in [0.2, 0.25) is 0 Å². The van der Waals surface area contributed by atoms with E-state index in [-0.39, 0.29) is 0 Å². The number of carboxylic acids is 1. The molecule has 1 aromatic rings. The first-order valence-corrected chi connectivity index (χ1v) is 7.18. The number of aryl methyl sites for hydroxylation is 1. The smallest absolute Gasteiger partial charge is 0.320 e. The van der Waals surface area contributed by atoms with E-state index >= 15 is 0 Å². The summed E-state index contributed by atoms with van der Waals surface area (Å²) in [4.78, 5) is 15.0. The van der Waals surface area contributed by atoms with Gasteiger partial charge in [0.05, 0.1) is 12.8 Å². The fraction of sp³-hybridized carbons (Fsp3) is 0.538. The van der Waals surface area contributed by atoms with Crippen LogP contribution in [0.25, 0.3) is 0 Å². The Labute approximate surface area is 117 Å². The number of aliphatic carboxylic acids is 1. The van der Waals surface area contributed by atoms with Crippen LogP contribution in [0.15, 0.2) is 6.20 Å². The molecule has 0 radical (unpaired) electrons. The lowest BCUT2D eigenvalue weighted by molar-refractivity contribution is -0.138. The number of ether oxygens (including phenoxy) is 1. The second kappa shape index (κ2) is 7.35. The maximum absolute atomic E-state index is 10.6. The highest BCUT2D eigenvalue weighted by molar-refractivity contribution is 7.98. The summed E-state index contributed by atoms with van der Waals surface area (Å²) in [5.41, 5.74) is 8.47. The van der Waals surface area contributed by atoms with Crippen molar-refractivity contribution in [1.29, 1.82) is 0 Å². The summed E-state index contributed by atoms with van der Waals surface area (Å²) in [6, 6.07) is -0.783. The van der Waals surface area contributed by atoms with Crippen LogP contribution in [0.1, 0.15) is 23.2 Å². The molecule has 1 rings (SSSR count). The van der Waals surface area contributed by atoms with Crippen molar-refractivity contribution in [2.24, 2.45) is 5.73 Å². The molecular weight excluding hydrogens is 264 g/mol. The zero-order chi connectivity index (χ0) is 14.4. The van der Waals surface area contributed by atoms with E-state index in [1.54, 1.807) is 25.1 Å². The van der Waals surface area contributed by atoms with E-state index in [1.165, 1.54) is 0 Å². The fourth-order valence-corrected chi connectivity index (χ4v) is 2.77. The van der Waals surface area contributed by atoms with Crippen LogP contribution in [-0.4, -0.2) is 35.0 Å². The Bertz CT molecular complexity index is 452. The number of nitrogens with two attached hydrogens (primary N) is 1. The van der Waals surface area contributed by atoms with Gasteiger partial charge in [0, 0.05) is 23.1 Å². The number of pyridine rings is 1. The minimum Gasteiger partial charge on any atom is -0.496 e. The summed E-state index contributed by atoms with van der Waals surface area (Å²) >= 11 is 1.63. The molecule has 0 amide bonds. The van der Waals surface area contributed by atoms with Gasteiger partial charge in [0.15, 0.2) is 0 Å². The van der Waals surface area contributed by atoms with Gasteiger partial charge in [0.1, 0.15) is 11.8 Å². The summed E-state index contributed by atoms with van der Waals surface area (Å²) in [5.74, 6) is 1.35. The van der Waals surface area contributed by atoms with Crippen LogP contribution in [0.2, 0.25) is 0 Å². The molecule has 5 nitrogen and oxygen atoms in total. The van der Waals surface area contributed by atoms with Crippen molar-refractivity contribution in [3.8, 4) is 5.75 Å². The quantitative estimate of drug-likeness (QED) is 0.742. The van der Waals surface area contributed by atoms with E-state index in [4.69, 9.17) is 15.6 Å². The second-order valence-corrected chi connectivity index (χ2v) is 5.44. The van der Waals surface area contributed by atoms with Gasteiger partial charge in [-0.25, -0.2) is 0 Å². The molecule has 0 fully saturated rings. The fourth-order valence-electron chi connectivity index (χ4n) is 1.72. The molecule has 6 heteroatoms. The van der Waals surface area contributed by atoms with E-state index < -0.39 is 12.0 Å². The first kappa shape index (κ1) is 15.8. The number of aromatic nitrogens is 1. The first-order chi connectivity index (χ1) is 8.97. The van der Waals surface area contributed by atoms with Gasteiger partial charge < -0.3 is 15.6 Å². The number of rotatable bonds is 7. The molecule has 0 saturated carbocycles. The van der Waals surface area contributed by atoms with Crippen LogP contribution >= 0.6 is 11.8 Å². The van der Waals surface area contributed by atoms with E-state index in [0.717, 1.165) is 28.3 Å². The number of methoxy groups -OCH3 is 1. The molecule has 0 bridgehead atoms. The summed E-state index contributed by atoms with van der Waals surface area (Å²) in [5, 5.41) is 8.68. The number of carboxylic acid groups (broad SMARTS) is 1. The largest absolute Gasteiger partial charge is 0.496 e. The number of carbonyl (C=O) groups is 1. The van der Waals surface area contributed by atoms with Crippen molar-refractivity contribution in [3.63, 3.8) is 0 Å². The average molecular weight is 284 g/mol. The van der Waals surface area contributed by atoms with Crippen LogP contribution in [0, 0.1) is 13.8 Å². The van der Waals surface area contributed by atoms with Gasteiger partial charge in [-0.1, -0.05) is 0 Å². The molecule has 1 atom stereocenters. The summed E-state index contributed by atoms with van der Waals surface area (Å²) in [7, 11) is 1.65. The molecule has 1 unspecified atom stereocenters. The Morgan fingerprint density at radius 2 is 2.26 bits per heavy atom. The van der Waals surface area contributed by atoms with Crippen LogP contribution in [0.5, 0.6) is 5.75 Å². The molecular formula is C13H20N2O3S. The van der Waals surface area contributed by atoms with Gasteiger partial charge in [-0.15, -0.1) is 0 Å². The molecule has 1 heterocycles. The Morgan fingerprint density at radius 3 is 2.84 bits per heavy atom. The molecule has 0 aliphatic heterocycles. The van der Waals surface area contributed by atoms with Crippen molar-refractivity contribution in [3.05, 3.63) is 23.0 Å². The molecule has 3 N–H and O–H groups in total. The Balaban J connectivity index is 2.52. The maximum Gasteiger partial charge on any atom is 0.320 e. The first-order valence-electron chi connectivity index (χ1n) is 6.02. The van der Waals surface area contributed by atoms with E-state index in [9.17, 15) is 4.79 Å². The third kappa shape index (κ3) is 4.40. The molecule has 19 heavy (non-hydrogen) atoms. The van der Waals surface area contributed by atoms with E-state index in [1.807, 2.05) is 13.8 Å². The molecule has 0 aliphatic carbocycles. The predicted octanol–water partition coefficient (Wildman–Crippen LogP) is 1.74. The van der Waals surface area contributed by atoms with Crippen molar-refractivity contribution < 1.29 is 14.6 Å². The van der Waals surface area contributed by atoms with Crippen LogP contribution in [0.3, 0.4) is 0 Å². The van der Waals surface area contributed by atoms with Gasteiger partial charge in [0.25, 0.3) is 0 Å². The second-order valence-electron chi connectivity index (χ2n) is 4.33. The Kier molecular flexibility index (Phi) is 6.11. The lowest BCUT2D eigenvalue weighted by Gasteiger charge is -2.12. The Hall–Kier alpha value is -1.27. The molecule has 0 saturated heterocycles. The third-order valence-corrected chi connectivity index (χ3v) is 3.88. The zero-order valence-corrected chi connectivity index (χ0v) is 12.3. The minimum atomic E-state index is -0.952. The standard InChI is InChI=1S/C13H20N2O3S/c1-8-6-15-11(9(2)12(8)18-3)7-19-5-4-10(14)13(16)17/h6,10H,4-5,7,14H2,1-3H3,(H,16,17). The van der Waals surface area contributed by atoms with Crippen LogP contribution < -0.4 is 10.5 Å². The molecule has 0 spiro atoms. The van der Waals surface area contributed by atoms with Gasteiger partial charge >= 0.3 is 5.97 Å². The minimum absolute atomic E-state index is 0.460. The average Bonchev–Trinajstić information content (AvgIpc) is 2.37. The molecule has 0 aromatic carbocycles. The van der Waals surface area contributed by atoms with Gasteiger partial charge in [-0.05, 0) is 26.0 Å². The van der Waals surface area contributed by atoms with Crippen molar-refractivity contribution in [2.75, 3.05) is 12.9 Å². The van der Waals surface area contributed by atoms with Crippen LogP contribution in [0.4, 0.5) is 0 Å². The third-order valence-electron chi connectivity index (χ3n) is 2.88. The highest BCUT2D eigenvalue weighted by Crippen LogP contribution is 2.26. The van der Waals surface area contributed by atoms with Gasteiger partial charge in [-0.3, -0.25) is 9.78 Å². The zero-order valence-electron chi connectivity index (χ0n) is 11.5. The molecule has 1 aromatic heterocycles. The monoisotopic (exact) mass is 284 g/mol. The number of nitrogens with zero attached hydrogens (tertiary/aromatic N) is 1.